The van der Waals surface area contributed by atoms with Crippen LogP contribution < -0.4 is 43.0 Å². The molecule has 25 nitrogen and oxygen atoms in total. The highest BCUT2D eigenvalue weighted by atomic mass is 127. The molecular weight excluding hydrogens is 1080 g/mol. The lowest BCUT2D eigenvalue weighted by Gasteiger charge is -2.25. The van der Waals surface area contributed by atoms with Gasteiger partial charge in [-0.05, 0) is 57.2 Å². The molecule has 0 saturated heterocycles. The summed E-state index contributed by atoms with van der Waals surface area (Å²) in [7, 11) is 0. The van der Waals surface area contributed by atoms with E-state index in [4.69, 9.17) is 53.1 Å². The summed E-state index contributed by atoms with van der Waals surface area (Å²) in [6.45, 7) is 15.7. The third kappa shape index (κ3) is 39.5. The van der Waals surface area contributed by atoms with E-state index in [1.807, 2.05) is 22.6 Å². The molecule has 0 aliphatic rings. The Hall–Kier alpha value is -4.68. The molecule has 0 heterocycles. The highest BCUT2D eigenvalue weighted by molar-refractivity contribution is 14.1. The number of hydrogen-bond acceptors (Lipinski definition) is 17. The summed E-state index contributed by atoms with van der Waals surface area (Å²) in [5.41, 5.74) is 5.57. The fraction of sp³-hybridized carbons (Fsp3) is 0.723. The number of anilines is 1. The van der Waals surface area contributed by atoms with Crippen LogP contribution in [-0.4, -0.2) is 196 Å². The summed E-state index contributed by atoms with van der Waals surface area (Å²) in [6.07, 6.45) is -0.875. The van der Waals surface area contributed by atoms with Crippen molar-refractivity contribution in [1.29, 1.82) is 0 Å². The average Bonchev–Trinajstić information content (AvgIpc) is 3.34. The Balaban J connectivity index is 2.27. The largest absolute Gasteiger partial charge is 0.445 e. The minimum absolute atomic E-state index is 0.0107. The average molecular weight is 1160 g/mol. The van der Waals surface area contributed by atoms with Gasteiger partial charge in [-0.1, -0.05) is 48.6 Å². The van der Waals surface area contributed by atoms with Crippen LogP contribution in [0.15, 0.2) is 24.3 Å². The van der Waals surface area contributed by atoms with Crippen LogP contribution in [0.4, 0.5) is 20.1 Å². The van der Waals surface area contributed by atoms with Crippen LogP contribution in [0.25, 0.3) is 0 Å². The molecule has 0 aromatic heterocycles. The number of nitrogens with one attached hydrogen (secondary N) is 7. The minimum atomic E-state index is -1.04. The number of urea groups is 1. The van der Waals surface area contributed by atoms with Gasteiger partial charge in [-0.15, -0.1) is 0 Å². The first kappa shape index (κ1) is 66.3. The first-order chi connectivity index (χ1) is 35.0. The Morgan fingerprint density at radius 2 is 1.04 bits per heavy atom. The molecule has 0 fully saturated rings. The van der Waals surface area contributed by atoms with Crippen molar-refractivity contribution in [3.63, 3.8) is 0 Å². The third-order valence-electron chi connectivity index (χ3n) is 9.29. The number of carbonyl (C=O) groups is 7. The van der Waals surface area contributed by atoms with Gasteiger partial charge < -0.3 is 90.3 Å². The first-order valence-electron chi connectivity index (χ1n) is 24.4. The van der Waals surface area contributed by atoms with Crippen molar-refractivity contribution in [2.45, 2.75) is 78.2 Å². The molecule has 0 aliphatic heterocycles. The van der Waals surface area contributed by atoms with Gasteiger partial charge in [-0.25, -0.2) is 14.4 Å². The maximum Gasteiger partial charge on any atom is 0.407 e. The van der Waals surface area contributed by atoms with Gasteiger partial charge in [0.1, 0.15) is 24.3 Å². The molecule has 1 aromatic carbocycles. The highest BCUT2D eigenvalue weighted by Crippen LogP contribution is 2.13. The minimum Gasteiger partial charge on any atom is -0.445 e. The van der Waals surface area contributed by atoms with Gasteiger partial charge in [0, 0.05) is 38.3 Å². The lowest BCUT2D eigenvalue weighted by Crippen LogP contribution is -2.54. The molecule has 0 aliphatic carbocycles. The summed E-state index contributed by atoms with van der Waals surface area (Å²) in [5, 5.41) is 18.5. The maximum atomic E-state index is 13.5. The molecule has 0 bridgehead atoms. The lowest BCUT2D eigenvalue weighted by molar-refractivity contribution is -0.132. The first-order valence-corrected chi connectivity index (χ1v) is 25.9. The molecule has 0 unspecified atom stereocenters. The van der Waals surface area contributed by atoms with Crippen molar-refractivity contribution in [2.75, 3.05) is 142 Å². The maximum absolute atomic E-state index is 13.5. The SMILES string of the molecule is CC(C)[C@H](NC(=O)CCOCCOCCOCCOCCOCCOCCOCCOCCNC(=O)CI)C(=O)N[C@@H](CCCNC(N)=O)C(=O)Nc1ccc(COC(=O)NCCNC(=O)OC(C)(C)C)cc1. The summed E-state index contributed by atoms with van der Waals surface area (Å²) >= 11 is 2.00. The molecule has 1 rings (SSSR count). The van der Waals surface area contributed by atoms with Gasteiger partial charge in [-0.2, -0.15) is 0 Å². The van der Waals surface area contributed by atoms with Crippen molar-refractivity contribution in [2.24, 2.45) is 11.7 Å². The van der Waals surface area contributed by atoms with Crippen molar-refractivity contribution >= 4 is 70.1 Å². The number of alkyl carbamates (subject to hydrolysis) is 2. The number of rotatable bonds is 43. The van der Waals surface area contributed by atoms with Crippen LogP contribution in [0, 0.1) is 5.92 Å². The zero-order chi connectivity index (χ0) is 54.0. The Morgan fingerprint density at radius 3 is 1.51 bits per heavy atom. The molecule has 2 atom stereocenters. The smallest absolute Gasteiger partial charge is 0.407 e. The van der Waals surface area contributed by atoms with E-state index < -0.39 is 53.6 Å². The number of alkyl halides is 1. The summed E-state index contributed by atoms with van der Waals surface area (Å²) in [4.78, 5) is 86.0. The molecule has 9 N–H and O–H groups in total. The quantitative estimate of drug-likeness (QED) is 0.0261. The van der Waals surface area contributed by atoms with Crippen LogP contribution in [0.5, 0.6) is 0 Å². The Bertz CT molecular complexity index is 1690. The number of benzene rings is 1. The number of nitrogens with two attached hydrogens (primary N) is 1. The van der Waals surface area contributed by atoms with Crippen LogP contribution >= 0.6 is 22.6 Å². The Labute approximate surface area is 442 Å². The van der Waals surface area contributed by atoms with E-state index in [1.165, 1.54) is 0 Å². The predicted octanol–water partition coefficient (Wildman–Crippen LogP) is 1.52. The van der Waals surface area contributed by atoms with Crippen LogP contribution in [-0.2, 0) is 73.2 Å². The monoisotopic (exact) mass is 1160 g/mol. The lowest BCUT2D eigenvalue weighted by atomic mass is 10.0. The van der Waals surface area contributed by atoms with Crippen LogP contribution in [0.2, 0.25) is 0 Å². The van der Waals surface area contributed by atoms with E-state index in [0.29, 0.717) is 121 Å². The molecule has 0 saturated carbocycles. The Morgan fingerprint density at radius 1 is 0.562 bits per heavy atom. The number of primary amides is 1. The van der Waals surface area contributed by atoms with Gasteiger partial charge in [-0.3, -0.25) is 19.2 Å². The zero-order valence-corrected chi connectivity index (χ0v) is 45.3. The number of halogens is 1. The second-order valence-electron chi connectivity index (χ2n) is 17.0. The standard InChI is InChI=1S/C47H81IN8O17/c1-35(2)41(56-39(57)12-17-64-19-21-66-23-25-68-27-29-70-31-32-71-30-28-69-26-24-67-22-20-65-18-16-50-40(58)33-48)43(60)55-38(7-6-13-51-44(49)61)42(59)54-37-10-8-36(9-11-37)34-72-45(62)52-14-15-53-46(63)73-47(3,4)5/h8-11,35,38,41H,6-7,12-34H2,1-5H3,(H,50,58)(H,52,62)(H,53,63)(H,54,59)(H,55,60)(H,56,57)(H3,49,51,61)/t38-,41-/m0/s1. The van der Waals surface area contributed by atoms with Crippen molar-refractivity contribution < 1.29 is 80.9 Å². The molecule has 0 spiro atoms. The van der Waals surface area contributed by atoms with Crippen molar-refractivity contribution in [3.05, 3.63) is 29.8 Å². The number of hydrogen-bond donors (Lipinski definition) is 8. The summed E-state index contributed by atoms with van der Waals surface area (Å²) in [6, 6.07) is 3.76. The van der Waals surface area contributed by atoms with Gasteiger partial charge in [0.15, 0.2) is 0 Å². The van der Waals surface area contributed by atoms with E-state index in [0.717, 1.165) is 0 Å². The van der Waals surface area contributed by atoms with Crippen LogP contribution in [0.1, 0.15) is 59.4 Å². The third-order valence-corrected chi connectivity index (χ3v) is 9.98. The fourth-order valence-corrected chi connectivity index (χ4v) is 5.97. The molecule has 418 valence electrons. The van der Waals surface area contributed by atoms with Gasteiger partial charge >= 0.3 is 18.2 Å². The summed E-state index contributed by atoms with van der Waals surface area (Å²) < 4.78 is 54.6. The van der Waals surface area contributed by atoms with Gasteiger partial charge in [0.2, 0.25) is 23.6 Å². The van der Waals surface area contributed by atoms with Gasteiger partial charge in [0.25, 0.3) is 0 Å². The topological polar surface area (TPSA) is 322 Å². The van der Waals surface area contributed by atoms with Gasteiger partial charge in [0.05, 0.1) is 110 Å². The molecular formula is C47H81IN8O17. The van der Waals surface area contributed by atoms with E-state index >= 15 is 0 Å². The number of amides is 8. The zero-order valence-electron chi connectivity index (χ0n) is 43.1. The number of ether oxygens (including phenoxy) is 10. The second kappa shape index (κ2) is 42.7. The van der Waals surface area contributed by atoms with E-state index in [1.54, 1.807) is 58.9 Å². The van der Waals surface area contributed by atoms with E-state index in [-0.39, 0.29) is 64.1 Å². The molecule has 0 radical (unpaired) electrons. The molecule has 8 amide bonds. The van der Waals surface area contributed by atoms with E-state index in [9.17, 15) is 33.6 Å². The fourth-order valence-electron chi connectivity index (χ4n) is 5.70. The van der Waals surface area contributed by atoms with E-state index in [2.05, 4.69) is 37.2 Å². The van der Waals surface area contributed by atoms with Crippen molar-refractivity contribution in [3.8, 4) is 0 Å². The molecule has 73 heavy (non-hydrogen) atoms. The van der Waals surface area contributed by atoms with Crippen molar-refractivity contribution in [1.82, 2.24) is 31.9 Å². The highest BCUT2D eigenvalue weighted by Gasteiger charge is 2.29. The summed E-state index contributed by atoms with van der Waals surface area (Å²) in [5.74, 6) is -1.87. The number of carbonyl (C=O) groups excluding carboxylic acids is 7. The van der Waals surface area contributed by atoms with Crippen LogP contribution in [0.3, 0.4) is 0 Å². The predicted molar refractivity (Wildman–Crippen MR) is 276 cm³/mol. The Kier molecular flexibility index (Phi) is 38.8. The molecule has 26 heteroatoms. The second-order valence-corrected chi connectivity index (χ2v) is 17.8. The molecule has 1 aromatic rings. The normalized spacial score (nSPS) is 12.0.